The second kappa shape index (κ2) is 7.38. The van der Waals surface area contributed by atoms with Crippen LogP contribution >= 0.6 is 0 Å². The van der Waals surface area contributed by atoms with Gasteiger partial charge in [-0.3, -0.25) is 9.59 Å². The van der Waals surface area contributed by atoms with Crippen molar-refractivity contribution in [3.8, 4) is 0 Å². The molecule has 2 aromatic rings. The summed E-state index contributed by atoms with van der Waals surface area (Å²) in [6.07, 6.45) is -0.00218. The minimum Gasteiger partial charge on any atom is -0.481 e. The maximum atomic E-state index is 12.8. The van der Waals surface area contributed by atoms with E-state index in [9.17, 15) is 14.7 Å². The van der Waals surface area contributed by atoms with Crippen molar-refractivity contribution < 1.29 is 14.7 Å². The van der Waals surface area contributed by atoms with E-state index in [4.69, 9.17) is 0 Å². The number of hydrogen-bond acceptors (Lipinski definition) is 3. The Morgan fingerprint density at radius 3 is 2.20 bits per heavy atom. The van der Waals surface area contributed by atoms with E-state index in [1.54, 1.807) is 17.0 Å². The van der Waals surface area contributed by atoms with E-state index in [1.165, 1.54) is 0 Å². The average molecular weight is 338 g/mol. The third kappa shape index (κ3) is 3.82. The van der Waals surface area contributed by atoms with Crippen molar-refractivity contribution in [2.75, 3.05) is 18.0 Å². The zero-order valence-corrected chi connectivity index (χ0v) is 14.2. The van der Waals surface area contributed by atoms with E-state index in [0.717, 1.165) is 5.69 Å². The molecule has 0 aliphatic carbocycles. The van der Waals surface area contributed by atoms with Crippen molar-refractivity contribution in [2.24, 2.45) is 0 Å². The van der Waals surface area contributed by atoms with Crippen molar-refractivity contribution in [1.82, 2.24) is 4.90 Å². The van der Waals surface area contributed by atoms with Gasteiger partial charge in [-0.1, -0.05) is 36.4 Å². The molecule has 0 bridgehead atoms. The standard InChI is InChI=1S/C20H22N2O3/c1-15-13-21(20(25)16-8-4-2-5-9-16)14-18(12-19(23)24)22(15)17-10-6-3-7-11-17/h2-11,15,18H,12-14H2,1H3,(H,23,24)/t15-,18-/m1/s1. The van der Waals surface area contributed by atoms with E-state index in [-0.39, 0.29) is 24.4 Å². The maximum absolute atomic E-state index is 12.8. The zero-order chi connectivity index (χ0) is 17.8. The number of benzene rings is 2. The molecule has 2 atom stereocenters. The van der Waals surface area contributed by atoms with E-state index < -0.39 is 5.97 Å². The Hall–Kier alpha value is -2.82. The Kier molecular flexibility index (Phi) is 5.03. The smallest absolute Gasteiger partial charge is 0.305 e. The number of para-hydroxylation sites is 1. The lowest BCUT2D eigenvalue weighted by Gasteiger charge is -2.46. The molecule has 1 N–H and O–H groups in total. The van der Waals surface area contributed by atoms with Crippen molar-refractivity contribution in [3.63, 3.8) is 0 Å². The number of anilines is 1. The normalized spacial score (nSPS) is 20.4. The van der Waals surface area contributed by atoms with Gasteiger partial charge in [-0.2, -0.15) is 0 Å². The van der Waals surface area contributed by atoms with E-state index in [0.29, 0.717) is 18.7 Å². The van der Waals surface area contributed by atoms with Gasteiger partial charge in [0.2, 0.25) is 0 Å². The van der Waals surface area contributed by atoms with Crippen LogP contribution in [-0.2, 0) is 4.79 Å². The lowest BCUT2D eigenvalue weighted by atomic mass is 10.0. The second-order valence-corrected chi connectivity index (χ2v) is 6.42. The van der Waals surface area contributed by atoms with Crippen molar-refractivity contribution in [3.05, 3.63) is 66.2 Å². The summed E-state index contributed by atoms with van der Waals surface area (Å²) in [4.78, 5) is 28.0. The molecule has 1 fully saturated rings. The molecule has 1 aliphatic heterocycles. The highest BCUT2D eigenvalue weighted by atomic mass is 16.4. The minimum atomic E-state index is -0.854. The van der Waals surface area contributed by atoms with Crippen molar-refractivity contribution in [2.45, 2.75) is 25.4 Å². The van der Waals surface area contributed by atoms with Gasteiger partial charge in [0, 0.05) is 30.4 Å². The van der Waals surface area contributed by atoms with Gasteiger partial charge in [-0.15, -0.1) is 0 Å². The molecular weight excluding hydrogens is 316 g/mol. The Morgan fingerprint density at radius 2 is 1.60 bits per heavy atom. The summed E-state index contributed by atoms with van der Waals surface area (Å²) in [5, 5.41) is 9.33. The first-order valence-electron chi connectivity index (χ1n) is 8.45. The van der Waals surface area contributed by atoms with Gasteiger partial charge >= 0.3 is 5.97 Å². The molecule has 1 amide bonds. The molecule has 3 rings (SSSR count). The maximum Gasteiger partial charge on any atom is 0.305 e. The predicted octanol–water partition coefficient (Wildman–Crippen LogP) is 2.88. The summed E-state index contributed by atoms with van der Waals surface area (Å²) in [6, 6.07) is 18.7. The topological polar surface area (TPSA) is 60.9 Å². The number of nitrogens with zero attached hydrogens (tertiary/aromatic N) is 2. The fourth-order valence-corrected chi connectivity index (χ4v) is 3.54. The van der Waals surface area contributed by atoms with Gasteiger partial charge in [0.1, 0.15) is 0 Å². The molecule has 0 spiro atoms. The molecule has 0 saturated carbocycles. The molecule has 0 unspecified atom stereocenters. The SMILES string of the molecule is C[C@@H]1CN(C(=O)c2ccccc2)C[C@@H](CC(=O)O)N1c1ccccc1. The highest BCUT2D eigenvalue weighted by Crippen LogP contribution is 2.27. The van der Waals surface area contributed by atoms with Crippen LogP contribution in [0.1, 0.15) is 23.7 Å². The van der Waals surface area contributed by atoms with Gasteiger partial charge in [0.25, 0.3) is 5.91 Å². The summed E-state index contributed by atoms with van der Waals surface area (Å²) < 4.78 is 0. The van der Waals surface area contributed by atoms with Crippen LogP contribution in [0.2, 0.25) is 0 Å². The summed E-state index contributed by atoms with van der Waals surface area (Å²) in [6.45, 7) is 3.00. The highest BCUT2D eigenvalue weighted by molar-refractivity contribution is 5.94. The third-order valence-electron chi connectivity index (χ3n) is 4.56. The molecule has 1 heterocycles. The molecule has 2 aromatic carbocycles. The molecule has 1 aliphatic rings. The Bertz CT molecular complexity index is 733. The van der Waals surface area contributed by atoms with Crippen LogP contribution in [0, 0.1) is 0 Å². The first kappa shape index (κ1) is 17.0. The third-order valence-corrected chi connectivity index (χ3v) is 4.56. The van der Waals surface area contributed by atoms with Crippen LogP contribution in [0.3, 0.4) is 0 Å². The number of piperazine rings is 1. The van der Waals surface area contributed by atoms with Crippen LogP contribution < -0.4 is 4.90 Å². The first-order chi connectivity index (χ1) is 12.1. The lowest BCUT2D eigenvalue weighted by Crippen LogP contribution is -2.59. The molecule has 25 heavy (non-hydrogen) atoms. The van der Waals surface area contributed by atoms with Crippen LogP contribution in [0.5, 0.6) is 0 Å². The van der Waals surface area contributed by atoms with Gasteiger partial charge in [0.15, 0.2) is 0 Å². The monoisotopic (exact) mass is 338 g/mol. The number of amides is 1. The second-order valence-electron chi connectivity index (χ2n) is 6.42. The van der Waals surface area contributed by atoms with E-state index >= 15 is 0 Å². The van der Waals surface area contributed by atoms with Crippen LogP contribution in [-0.4, -0.2) is 47.1 Å². The number of carboxylic acids is 1. The Labute approximate surface area is 147 Å². The lowest BCUT2D eigenvalue weighted by molar-refractivity contribution is -0.137. The van der Waals surface area contributed by atoms with Gasteiger partial charge in [-0.25, -0.2) is 0 Å². The fraction of sp³-hybridized carbons (Fsp3) is 0.300. The highest BCUT2D eigenvalue weighted by Gasteiger charge is 2.35. The number of aliphatic carboxylic acids is 1. The summed E-state index contributed by atoms with van der Waals surface area (Å²) in [5.74, 6) is -0.900. The first-order valence-corrected chi connectivity index (χ1v) is 8.45. The number of carboxylic acid groups (broad SMARTS) is 1. The minimum absolute atomic E-state index is 0.00218. The zero-order valence-electron chi connectivity index (χ0n) is 14.2. The molecule has 5 nitrogen and oxygen atoms in total. The number of carbonyl (C=O) groups excluding carboxylic acids is 1. The van der Waals surface area contributed by atoms with Gasteiger partial charge in [0.05, 0.1) is 12.5 Å². The molecule has 0 aromatic heterocycles. The average Bonchev–Trinajstić information content (AvgIpc) is 2.61. The molecule has 130 valence electrons. The summed E-state index contributed by atoms with van der Waals surface area (Å²) >= 11 is 0. The largest absolute Gasteiger partial charge is 0.481 e. The number of carbonyl (C=O) groups is 2. The Balaban J connectivity index is 1.85. The summed E-state index contributed by atoms with van der Waals surface area (Å²) in [5.41, 5.74) is 1.63. The van der Waals surface area contributed by atoms with Gasteiger partial charge < -0.3 is 14.9 Å². The van der Waals surface area contributed by atoms with E-state index in [2.05, 4.69) is 4.90 Å². The van der Waals surface area contributed by atoms with Gasteiger partial charge in [-0.05, 0) is 31.2 Å². The van der Waals surface area contributed by atoms with Crippen molar-refractivity contribution in [1.29, 1.82) is 0 Å². The predicted molar refractivity (Wildman–Crippen MR) is 96.8 cm³/mol. The number of rotatable bonds is 4. The quantitative estimate of drug-likeness (QED) is 0.931. The van der Waals surface area contributed by atoms with Crippen LogP contribution in [0.25, 0.3) is 0 Å². The molecule has 1 saturated heterocycles. The molecule has 5 heteroatoms. The summed E-state index contributed by atoms with van der Waals surface area (Å²) in [7, 11) is 0. The van der Waals surface area contributed by atoms with Crippen LogP contribution in [0.15, 0.2) is 60.7 Å². The molecule has 0 radical (unpaired) electrons. The fourth-order valence-electron chi connectivity index (χ4n) is 3.54. The van der Waals surface area contributed by atoms with Crippen LogP contribution in [0.4, 0.5) is 5.69 Å². The van der Waals surface area contributed by atoms with Crippen molar-refractivity contribution >= 4 is 17.6 Å². The number of hydrogen-bond donors (Lipinski definition) is 1. The Morgan fingerprint density at radius 1 is 1.00 bits per heavy atom. The van der Waals surface area contributed by atoms with E-state index in [1.807, 2.05) is 55.5 Å². The molecular formula is C20H22N2O3.